The number of aryl methyl sites for hydroxylation is 1. The first kappa shape index (κ1) is 34.0. The Morgan fingerprint density at radius 2 is 1.75 bits per heavy atom. The number of hydrogen-bond donors (Lipinski definition) is 1. The number of carbonyl (C=O) groups is 4. The lowest BCUT2D eigenvalue weighted by atomic mass is 9.95. The van der Waals surface area contributed by atoms with Crippen molar-refractivity contribution in [3.63, 3.8) is 0 Å². The van der Waals surface area contributed by atoms with Crippen molar-refractivity contribution in [2.75, 3.05) is 43.4 Å². The second-order valence-electron chi connectivity index (χ2n) is 14.8. The number of aromatic nitrogens is 3. The van der Waals surface area contributed by atoms with E-state index in [-0.39, 0.29) is 41.9 Å². The summed E-state index contributed by atoms with van der Waals surface area (Å²) in [5.41, 5.74) is 6.53. The van der Waals surface area contributed by atoms with Gasteiger partial charge < -0.3 is 15.1 Å². The van der Waals surface area contributed by atoms with Crippen molar-refractivity contribution < 1.29 is 19.2 Å². The summed E-state index contributed by atoms with van der Waals surface area (Å²) in [6.45, 7) is 6.90. The fraction of sp³-hybridized carbons (Fsp3) is 0.450. The molecule has 52 heavy (non-hydrogen) atoms. The molecule has 3 amide bonds. The predicted octanol–water partition coefficient (Wildman–Crippen LogP) is 4.57. The number of rotatable bonds is 10. The van der Waals surface area contributed by atoms with Gasteiger partial charge in [0.25, 0.3) is 11.8 Å². The third-order valence-electron chi connectivity index (χ3n) is 11.4. The monoisotopic (exact) mass is 702 g/mol. The van der Waals surface area contributed by atoms with Crippen molar-refractivity contribution in [1.29, 1.82) is 0 Å². The number of nitrogens with zero attached hydrogens (tertiary/aromatic N) is 7. The predicted molar refractivity (Wildman–Crippen MR) is 197 cm³/mol. The molecular formula is C40H46N8O4. The lowest BCUT2D eigenvalue weighted by Crippen LogP contribution is -2.53. The van der Waals surface area contributed by atoms with Crippen LogP contribution >= 0.6 is 0 Å². The molecule has 8 rings (SSSR count). The van der Waals surface area contributed by atoms with Gasteiger partial charge in [0.05, 0.1) is 6.20 Å². The number of amides is 3. The number of likely N-dealkylation sites (tertiary alicyclic amines) is 1. The number of fused-ring (bicyclic) bond motifs is 2. The van der Waals surface area contributed by atoms with Crippen LogP contribution in [0.2, 0.25) is 0 Å². The summed E-state index contributed by atoms with van der Waals surface area (Å²) in [6.07, 6.45) is 6.99. The fourth-order valence-corrected chi connectivity index (χ4v) is 8.41. The smallest absolute Gasteiger partial charge is 0.255 e. The molecule has 4 aliphatic rings. The Labute approximate surface area is 303 Å². The minimum absolute atomic E-state index is 0.00373. The second-order valence-corrected chi connectivity index (χ2v) is 14.8. The highest BCUT2D eigenvalue weighted by molar-refractivity contribution is 6.05. The van der Waals surface area contributed by atoms with E-state index in [0.717, 1.165) is 104 Å². The molecular weight excluding hydrogens is 656 g/mol. The van der Waals surface area contributed by atoms with E-state index < -0.39 is 6.04 Å². The normalized spacial score (nSPS) is 22.5. The Kier molecular flexibility index (Phi) is 9.25. The molecule has 5 heterocycles. The number of hydrogen-bond acceptors (Lipinski definition) is 9. The van der Waals surface area contributed by atoms with Crippen LogP contribution in [0.4, 0.5) is 11.5 Å². The first-order chi connectivity index (χ1) is 25.2. The van der Waals surface area contributed by atoms with E-state index in [2.05, 4.69) is 51.4 Å². The van der Waals surface area contributed by atoms with Crippen molar-refractivity contribution in [1.82, 2.24) is 29.3 Å². The van der Waals surface area contributed by atoms with Crippen molar-refractivity contribution >= 4 is 40.7 Å². The minimum atomic E-state index is -0.592. The van der Waals surface area contributed by atoms with Crippen molar-refractivity contribution in [2.24, 2.45) is 5.92 Å². The van der Waals surface area contributed by atoms with Gasteiger partial charge in [-0.1, -0.05) is 37.6 Å². The molecule has 3 aliphatic heterocycles. The molecule has 1 N–H and O–H groups in total. The maximum atomic E-state index is 13.5. The topological polar surface area (TPSA) is 123 Å². The maximum absolute atomic E-state index is 13.5. The van der Waals surface area contributed by atoms with Crippen molar-refractivity contribution in [3.8, 4) is 0 Å². The van der Waals surface area contributed by atoms with Gasteiger partial charge in [0.15, 0.2) is 11.4 Å². The summed E-state index contributed by atoms with van der Waals surface area (Å²) >= 11 is 0. The lowest BCUT2D eigenvalue weighted by Gasteiger charge is -2.36. The lowest BCUT2D eigenvalue weighted by molar-refractivity contribution is -0.150. The van der Waals surface area contributed by atoms with Gasteiger partial charge in [-0.15, -0.1) is 0 Å². The quantitative estimate of drug-likeness (QED) is 0.187. The van der Waals surface area contributed by atoms with Crippen LogP contribution in [0, 0.1) is 5.92 Å². The van der Waals surface area contributed by atoms with Crippen LogP contribution in [0.3, 0.4) is 0 Å². The van der Waals surface area contributed by atoms with E-state index >= 15 is 0 Å². The average molecular weight is 703 g/mol. The van der Waals surface area contributed by atoms with E-state index in [4.69, 9.17) is 4.98 Å². The zero-order valence-electron chi connectivity index (χ0n) is 30.0. The number of imide groups is 1. The molecule has 1 aliphatic carbocycles. The molecule has 2 saturated heterocycles. The number of nitrogens with one attached hydrogen (secondary N) is 1. The van der Waals surface area contributed by atoms with E-state index in [9.17, 15) is 19.2 Å². The molecule has 2 aromatic carbocycles. The van der Waals surface area contributed by atoms with Gasteiger partial charge in [-0.2, -0.15) is 9.61 Å². The number of ketones is 1. The SMILES string of the molecule is CCCc1cc(NC2CCC(C(=O)c3ccc(CN4CCN(c5ccc6c(c5)CN(C5CCC(=O)N(C)C5=O)C6=O)CC4)cc3)C2)n2nccc2n1. The van der Waals surface area contributed by atoms with E-state index in [1.54, 1.807) is 11.1 Å². The Morgan fingerprint density at radius 3 is 2.54 bits per heavy atom. The van der Waals surface area contributed by atoms with E-state index in [0.29, 0.717) is 18.5 Å². The number of benzene rings is 2. The Morgan fingerprint density at radius 1 is 0.942 bits per heavy atom. The highest BCUT2D eigenvalue weighted by Gasteiger charge is 2.41. The molecule has 3 fully saturated rings. The molecule has 0 bridgehead atoms. The van der Waals surface area contributed by atoms with Gasteiger partial charge in [-0.3, -0.25) is 29.0 Å². The molecule has 12 nitrogen and oxygen atoms in total. The summed E-state index contributed by atoms with van der Waals surface area (Å²) in [7, 11) is 1.49. The standard InChI is InChI=1S/C40H46N8O4/c1-3-4-30-23-36(48-35(42-30)15-16-41-48)43-31-10-9-28(21-31)38(50)27-7-5-26(6-8-27)24-45-17-19-46(20-18-45)32-11-12-33-29(22-32)25-47(39(33)51)34-13-14-37(49)44(2)40(34)52/h5-8,11-12,15-16,22-23,28,31,34,43H,3-4,9-10,13-14,17-21,24-25H2,1-2H3. The molecule has 2 aromatic heterocycles. The van der Waals surface area contributed by atoms with Crippen LogP contribution < -0.4 is 10.2 Å². The Balaban J connectivity index is 0.825. The molecule has 1 saturated carbocycles. The highest BCUT2D eigenvalue weighted by atomic mass is 16.2. The van der Waals surface area contributed by atoms with Gasteiger partial charge in [-0.25, -0.2) is 4.98 Å². The molecule has 270 valence electrons. The van der Waals surface area contributed by atoms with Crippen LogP contribution in [0.5, 0.6) is 0 Å². The fourth-order valence-electron chi connectivity index (χ4n) is 8.41. The number of anilines is 2. The van der Waals surface area contributed by atoms with Crippen molar-refractivity contribution in [2.45, 2.75) is 77.0 Å². The third kappa shape index (κ3) is 6.55. The highest BCUT2D eigenvalue weighted by Crippen LogP contribution is 2.33. The molecule has 12 heteroatoms. The van der Waals surface area contributed by atoms with Gasteiger partial charge >= 0.3 is 0 Å². The van der Waals surface area contributed by atoms with Crippen LogP contribution in [0.25, 0.3) is 5.65 Å². The number of carbonyl (C=O) groups excluding carboxylic acids is 4. The van der Waals surface area contributed by atoms with Crippen LogP contribution in [-0.4, -0.2) is 98.1 Å². The number of piperazine rings is 1. The van der Waals surface area contributed by atoms with E-state index in [1.807, 2.05) is 34.8 Å². The molecule has 4 aromatic rings. The zero-order chi connectivity index (χ0) is 35.9. The molecule has 3 atom stereocenters. The zero-order valence-corrected chi connectivity index (χ0v) is 30.0. The second kappa shape index (κ2) is 14.1. The number of piperidine rings is 1. The van der Waals surface area contributed by atoms with Crippen molar-refractivity contribution in [3.05, 3.63) is 88.7 Å². The first-order valence-corrected chi connectivity index (χ1v) is 18.7. The largest absolute Gasteiger partial charge is 0.369 e. The Bertz CT molecular complexity index is 2020. The summed E-state index contributed by atoms with van der Waals surface area (Å²) in [4.78, 5) is 63.8. The average Bonchev–Trinajstić information content (AvgIpc) is 3.91. The summed E-state index contributed by atoms with van der Waals surface area (Å²) in [5.74, 6) is 0.541. The number of likely N-dealkylation sites (N-methyl/N-ethyl adjacent to an activating group) is 1. The van der Waals surface area contributed by atoms with Crippen LogP contribution in [-0.2, 0) is 29.1 Å². The van der Waals surface area contributed by atoms with Gasteiger partial charge in [0, 0.05) is 99.3 Å². The molecule has 0 spiro atoms. The summed E-state index contributed by atoms with van der Waals surface area (Å²) in [5, 5.41) is 8.12. The molecule has 0 radical (unpaired) electrons. The summed E-state index contributed by atoms with van der Waals surface area (Å²) < 4.78 is 1.85. The minimum Gasteiger partial charge on any atom is -0.369 e. The van der Waals surface area contributed by atoms with Gasteiger partial charge in [0.2, 0.25) is 5.91 Å². The van der Waals surface area contributed by atoms with E-state index in [1.165, 1.54) is 12.6 Å². The molecule has 3 unspecified atom stereocenters. The van der Waals surface area contributed by atoms with Crippen LogP contribution in [0.1, 0.15) is 83.0 Å². The first-order valence-electron chi connectivity index (χ1n) is 18.7. The number of Topliss-reactive ketones (excluding diaryl/α,β-unsaturated/α-hetero) is 1. The van der Waals surface area contributed by atoms with Gasteiger partial charge in [-0.05, 0) is 61.4 Å². The third-order valence-corrected chi connectivity index (χ3v) is 11.4. The summed E-state index contributed by atoms with van der Waals surface area (Å²) in [6, 6.07) is 17.8. The van der Waals surface area contributed by atoms with Gasteiger partial charge in [0.1, 0.15) is 11.9 Å². The van der Waals surface area contributed by atoms with Crippen LogP contribution in [0.15, 0.2) is 60.8 Å². The maximum Gasteiger partial charge on any atom is 0.255 e. The Hall–Kier alpha value is -5.10.